The molecular formula is C43H43F3N4O10S. The number of nitrogens with one attached hydrogen (secondary N) is 1. The van der Waals surface area contributed by atoms with Crippen molar-refractivity contribution in [1.29, 1.82) is 5.26 Å². The van der Waals surface area contributed by atoms with Crippen LogP contribution >= 0.6 is 11.8 Å². The Morgan fingerprint density at radius 3 is 2.46 bits per heavy atom. The summed E-state index contributed by atoms with van der Waals surface area (Å²) >= 11 is 1.32. The predicted molar refractivity (Wildman–Crippen MR) is 213 cm³/mol. The topological polar surface area (TPSA) is 158 Å². The van der Waals surface area contributed by atoms with Gasteiger partial charge >= 0.3 is 18.1 Å². The zero-order chi connectivity index (χ0) is 43.5. The van der Waals surface area contributed by atoms with E-state index in [4.69, 9.17) is 33.2 Å². The average Bonchev–Trinajstić information content (AvgIpc) is 3.71. The Kier molecular flexibility index (Phi) is 11.4. The quantitative estimate of drug-likeness (QED) is 0.127. The molecule has 7 atom stereocenters. The molecular weight excluding hydrogens is 822 g/mol. The van der Waals surface area contributed by atoms with Crippen molar-refractivity contribution in [3.8, 4) is 34.8 Å². The summed E-state index contributed by atoms with van der Waals surface area (Å²) in [7, 11) is 5.06. The molecule has 1 N–H and O–H groups in total. The number of nitrogens with zero attached hydrogens (tertiary/aromatic N) is 3. The van der Waals surface area contributed by atoms with Crippen LogP contribution in [0.2, 0.25) is 0 Å². The van der Waals surface area contributed by atoms with Crippen molar-refractivity contribution < 1.29 is 60.7 Å². The summed E-state index contributed by atoms with van der Waals surface area (Å²) in [4.78, 5) is 44.6. The van der Waals surface area contributed by atoms with Crippen molar-refractivity contribution in [2.24, 2.45) is 0 Å². The molecule has 3 aromatic rings. The van der Waals surface area contributed by atoms with Crippen molar-refractivity contribution in [3.05, 3.63) is 80.9 Å². The number of carbonyl (C=O) groups excluding carboxylic acids is 3. The van der Waals surface area contributed by atoms with Gasteiger partial charge in [-0.3, -0.25) is 19.4 Å². The maximum absolute atomic E-state index is 14.0. The minimum absolute atomic E-state index is 0.0427. The number of nitriles is 1. The van der Waals surface area contributed by atoms with Crippen LogP contribution < -0.4 is 29.0 Å². The zero-order valence-electron chi connectivity index (χ0n) is 34.1. The van der Waals surface area contributed by atoms with Crippen LogP contribution in [-0.4, -0.2) is 99.0 Å². The van der Waals surface area contributed by atoms with Crippen LogP contribution in [0.15, 0.2) is 36.4 Å². The molecule has 0 aliphatic carbocycles. The van der Waals surface area contributed by atoms with Gasteiger partial charge in [-0.25, -0.2) is 4.79 Å². The molecule has 6 aliphatic heterocycles. The van der Waals surface area contributed by atoms with Crippen LogP contribution in [-0.2, 0) is 36.5 Å². The number of hydrogen-bond acceptors (Lipinski definition) is 14. The number of carbonyl (C=O) groups is 3. The maximum Gasteiger partial charge on any atom is 0.416 e. The van der Waals surface area contributed by atoms with E-state index in [1.54, 1.807) is 14.0 Å². The number of alkyl halides is 3. The fourth-order valence-electron chi connectivity index (χ4n) is 9.48. The Morgan fingerprint density at radius 2 is 1.79 bits per heavy atom. The number of hydrogen-bond donors (Lipinski definition) is 1. The number of aryl methyl sites for hydroxylation is 1. The number of fused-ring (bicyclic) bond motifs is 10. The van der Waals surface area contributed by atoms with Crippen LogP contribution in [0.4, 0.5) is 13.2 Å². The SMILES string of the molecule is COCOc1c(OC)c(C)cc2c1[C@@H]1C3[C@@H]4SCC(NC(=O)/C=C/c5ccc(C(F)(F)F)cc5)C(=O)OC[C@@H](c5c6c(c(C)c(OC(C)=O)c54)OCO6)N3[C@@H](C#N)[C@H](C2)N1C. The zero-order valence-corrected chi connectivity index (χ0v) is 34.9. The molecule has 6 heterocycles. The molecule has 2 saturated heterocycles. The van der Waals surface area contributed by atoms with Gasteiger partial charge in [0.15, 0.2) is 29.8 Å². The Bertz CT molecular complexity index is 2350. The van der Waals surface area contributed by atoms with Crippen molar-refractivity contribution in [2.45, 2.75) is 74.9 Å². The van der Waals surface area contributed by atoms with Crippen molar-refractivity contribution in [2.75, 3.05) is 47.2 Å². The number of amides is 1. The molecule has 322 valence electrons. The van der Waals surface area contributed by atoms with Crippen molar-refractivity contribution in [3.63, 3.8) is 0 Å². The number of rotatable bonds is 8. The van der Waals surface area contributed by atoms with Crippen LogP contribution in [0.25, 0.3) is 6.08 Å². The number of ether oxygens (including phenoxy) is 7. The fraction of sp³-hybridized carbons (Fsp3) is 0.442. The molecule has 61 heavy (non-hydrogen) atoms. The first-order valence-electron chi connectivity index (χ1n) is 19.5. The first-order chi connectivity index (χ1) is 29.2. The summed E-state index contributed by atoms with van der Waals surface area (Å²) in [5, 5.41) is 13.2. The smallest absolute Gasteiger partial charge is 0.416 e. The summed E-state index contributed by atoms with van der Waals surface area (Å²) in [6, 6.07) is 4.78. The minimum atomic E-state index is -4.51. The molecule has 14 nitrogen and oxygen atoms in total. The summed E-state index contributed by atoms with van der Waals surface area (Å²) in [6.45, 7) is 4.52. The van der Waals surface area contributed by atoms with E-state index in [2.05, 4.69) is 27.3 Å². The predicted octanol–water partition coefficient (Wildman–Crippen LogP) is 5.73. The highest BCUT2D eigenvalue weighted by atomic mass is 32.2. The van der Waals surface area contributed by atoms with Gasteiger partial charge in [0.2, 0.25) is 12.7 Å². The largest absolute Gasteiger partial charge is 0.493 e. The lowest BCUT2D eigenvalue weighted by Gasteiger charge is -2.61. The fourth-order valence-corrected chi connectivity index (χ4v) is 11.0. The van der Waals surface area contributed by atoms with E-state index >= 15 is 0 Å². The molecule has 2 unspecified atom stereocenters. The minimum Gasteiger partial charge on any atom is -0.493 e. The molecule has 4 bridgehead atoms. The Morgan fingerprint density at radius 1 is 1.05 bits per heavy atom. The summed E-state index contributed by atoms with van der Waals surface area (Å²) in [5.41, 5.74) is 3.84. The summed E-state index contributed by atoms with van der Waals surface area (Å²) in [5.74, 6) is 0.00138. The number of halogens is 3. The summed E-state index contributed by atoms with van der Waals surface area (Å²) in [6.07, 6.45) is -1.56. The van der Waals surface area contributed by atoms with Gasteiger partial charge in [-0.05, 0) is 62.2 Å². The Hall–Kier alpha value is -5.48. The lowest BCUT2D eigenvalue weighted by Crippen LogP contribution is -2.69. The van der Waals surface area contributed by atoms with Crippen LogP contribution in [0.1, 0.15) is 68.8 Å². The molecule has 0 radical (unpaired) electrons. The van der Waals surface area contributed by atoms with Crippen molar-refractivity contribution >= 4 is 35.7 Å². The molecule has 2 fully saturated rings. The molecule has 9 rings (SSSR count). The van der Waals surface area contributed by atoms with E-state index in [1.165, 1.54) is 44.0 Å². The number of thioether (sulfide) groups is 1. The average molecular weight is 865 g/mol. The highest BCUT2D eigenvalue weighted by Crippen LogP contribution is 2.64. The standard InChI is InChI=1S/C43H43F3N4O10S/c1-20-13-24-14-27-28(15-47)50-29-16-56-42(53)26(48-30(52)12-9-23-7-10-25(11-8-23)43(44,45)46)17-61-41(33-32(29)40-38(58-19-59-40)21(2)37(33)60-22(3)51)35(50)34(49(27)4)31(24)39(36(20)55-6)57-18-54-5/h7-13,26-29,34-35,41H,14,16-19H2,1-6H3,(H,48,52)/b12-9+/t26?,27-,28-,29-,34+,35?,41+/m0/s1. The van der Waals surface area contributed by atoms with Gasteiger partial charge in [0.1, 0.15) is 24.4 Å². The number of esters is 2. The van der Waals surface area contributed by atoms with Gasteiger partial charge in [-0.15, -0.1) is 11.8 Å². The van der Waals surface area contributed by atoms with Gasteiger partial charge in [0.05, 0.1) is 36.1 Å². The molecule has 6 aliphatic rings. The molecule has 0 saturated carbocycles. The third kappa shape index (κ3) is 7.30. The second kappa shape index (κ2) is 16.4. The van der Waals surface area contributed by atoms with Gasteiger partial charge in [-0.2, -0.15) is 18.4 Å². The van der Waals surface area contributed by atoms with E-state index in [9.17, 15) is 32.8 Å². The normalized spacial score (nSPS) is 25.4. The highest BCUT2D eigenvalue weighted by Gasteiger charge is 2.61. The van der Waals surface area contributed by atoms with E-state index in [1.807, 2.05) is 14.0 Å². The van der Waals surface area contributed by atoms with E-state index in [-0.39, 0.29) is 37.7 Å². The van der Waals surface area contributed by atoms with Gasteiger partial charge < -0.3 is 38.5 Å². The van der Waals surface area contributed by atoms with E-state index < -0.39 is 65.0 Å². The second-order valence-corrected chi connectivity index (χ2v) is 16.6. The third-order valence-corrected chi connectivity index (χ3v) is 13.3. The molecule has 1 amide bonds. The van der Waals surface area contributed by atoms with Gasteiger partial charge in [0.25, 0.3) is 0 Å². The van der Waals surface area contributed by atoms with Gasteiger partial charge in [-0.1, -0.05) is 18.2 Å². The maximum atomic E-state index is 14.0. The van der Waals surface area contributed by atoms with Crippen LogP contribution in [0, 0.1) is 25.2 Å². The van der Waals surface area contributed by atoms with E-state index in [0.717, 1.165) is 34.9 Å². The number of piperazine rings is 1. The second-order valence-electron chi connectivity index (χ2n) is 15.4. The molecule has 3 aromatic carbocycles. The highest BCUT2D eigenvalue weighted by molar-refractivity contribution is 7.99. The number of benzene rings is 3. The van der Waals surface area contributed by atoms with E-state index in [0.29, 0.717) is 51.7 Å². The van der Waals surface area contributed by atoms with Crippen LogP contribution in [0.5, 0.6) is 28.7 Å². The Balaban J connectivity index is 1.27. The van der Waals surface area contributed by atoms with Crippen molar-refractivity contribution in [1.82, 2.24) is 15.1 Å². The Labute approximate surface area is 353 Å². The lowest BCUT2D eigenvalue weighted by atomic mass is 9.71. The first kappa shape index (κ1) is 42.2. The third-order valence-electron chi connectivity index (χ3n) is 11.9. The monoisotopic (exact) mass is 864 g/mol. The molecule has 0 spiro atoms. The van der Waals surface area contributed by atoms with Gasteiger partial charge in [0, 0.05) is 60.2 Å². The van der Waals surface area contributed by atoms with Crippen LogP contribution in [0.3, 0.4) is 0 Å². The molecule has 18 heteroatoms. The molecule has 0 aromatic heterocycles. The number of likely N-dealkylation sites (N-methyl/N-ethyl adjacent to an activating group) is 1. The first-order valence-corrected chi connectivity index (χ1v) is 20.5. The lowest BCUT2D eigenvalue weighted by molar-refractivity contribution is -0.152. The number of methoxy groups -OCH3 is 2. The summed E-state index contributed by atoms with van der Waals surface area (Å²) < 4.78 is 81.3.